The minimum absolute atomic E-state index is 0.320. The highest BCUT2D eigenvalue weighted by Gasteiger charge is 2.58. The number of hydrogen-bond donors (Lipinski definition) is 1. The number of amides is 1. The molecule has 32 heavy (non-hydrogen) atoms. The normalized spacial score (nSPS) is 17.3. The van der Waals surface area contributed by atoms with Gasteiger partial charge in [0, 0.05) is 30.3 Å². The van der Waals surface area contributed by atoms with E-state index in [9.17, 15) is 15.2 Å². The highest BCUT2D eigenvalue weighted by Crippen LogP contribution is 2.51. The van der Waals surface area contributed by atoms with E-state index in [0.29, 0.717) is 41.4 Å². The fraction of sp³-hybridized carbons (Fsp3) is 0.500. The highest BCUT2D eigenvalue weighted by molar-refractivity contribution is 5.70. The molecule has 1 atom stereocenters. The molecule has 0 spiro atoms. The van der Waals surface area contributed by atoms with Crippen molar-refractivity contribution in [1.29, 1.82) is 5.26 Å². The number of hydrogen-bond acceptors (Lipinski definition) is 5. The minimum Gasteiger partial charge on any atom is -0.444 e. The average Bonchev–Trinajstić information content (AvgIpc) is 2.69. The van der Waals surface area contributed by atoms with Crippen LogP contribution in [-0.2, 0) is 10.3 Å². The molecule has 2 heterocycles. The van der Waals surface area contributed by atoms with Crippen LogP contribution in [0, 0.1) is 23.7 Å². The van der Waals surface area contributed by atoms with Crippen molar-refractivity contribution in [2.45, 2.75) is 65.6 Å². The van der Waals surface area contributed by atoms with Crippen molar-refractivity contribution in [3.8, 4) is 6.07 Å². The van der Waals surface area contributed by atoms with Crippen LogP contribution in [0.15, 0.2) is 36.5 Å². The van der Waals surface area contributed by atoms with Crippen LogP contribution >= 0.6 is 0 Å². The maximum atomic E-state index is 12.6. The van der Waals surface area contributed by atoms with Crippen LogP contribution in [0.1, 0.15) is 75.4 Å². The van der Waals surface area contributed by atoms with Crippen molar-refractivity contribution < 1.29 is 14.6 Å². The molecule has 2 aromatic rings. The number of pyridine rings is 1. The Morgan fingerprint density at radius 1 is 1.22 bits per heavy atom. The zero-order valence-corrected chi connectivity index (χ0v) is 20.1. The molecule has 1 amide bonds. The first-order valence-corrected chi connectivity index (χ1v) is 11.0. The lowest BCUT2D eigenvalue weighted by Gasteiger charge is -2.56. The van der Waals surface area contributed by atoms with E-state index in [1.807, 2.05) is 52.0 Å². The molecule has 1 fully saturated rings. The number of likely N-dealkylation sites (tertiary alicyclic amines) is 1. The molecule has 1 aromatic heterocycles. The molecule has 6 nitrogen and oxygen atoms in total. The number of carbonyl (C=O) groups excluding carboxylic acids is 1. The van der Waals surface area contributed by atoms with E-state index in [2.05, 4.69) is 24.9 Å². The Bertz CT molecular complexity index is 1040. The first-order valence-electron chi connectivity index (χ1n) is 11.0. The number of aromatic nitrogens is 1. The van der Waals surface area contributed by atoms with Crippen molar-refractivity contribution in [2.24, 2.45) is 5.41 Å². The Balaban J connectivity index is 2.04. The molecule has 0 saturated carbocycles. The first kappa shape index (κ1) is 23.7. The van der Waals surface area contributed by atoms with Gasteiger partial charge in [-0.3, -0.25) is 4.98 Å². The smallest absolute Gasteiger partial charge is 0.410 e. The molecule has 0 aliphatic carbocycles. The third kappa shape index (κ3) is 4.22. The number of nitrogens with zero attached hydrogens (tertiary/aromatic N) is 3. The summed E-state index contributed by atoms with van der Waals surface area (Å²) in [6.07, 6.45) is 1.24. The lowest BCUT2D eigenvalue weighted by Crippen LogP contribution is -2.66. The molecule has 170 valence electrons. The van der Waals surface area contributed by atoms with Gasteiger partial charge in [-0.25, -0.2) is 4.79 Å². The van der Waals surface area contributed by atoms with Gasteiger partial charge in [0.25, 0.3) is 0 Å². The van der Waals surface area contributed by atoms with Crippen molar-refractivity contribution in [2.75, 3.05) is 13.1 Å². The highest BCUT2D eigenvalue weighted by atomic mass is 16.6. The van der Waals surface area contributed by atoms with Crippen LogP contribution in [0.25, 0.3) is 0 Å². The predicted octanol–water partition coefficient (Wildman–Crippen LogP) is 4.88. The van der Waals surface area contributed by atoms with Crippen molar-refractivity contribution >= 4 is 6.09 Å². The van der Waals surface area contributed by atoms with Crippen LogP contribution in [0.4, 0.5) is 4.79 Å². The average molecular weight is 436 g/mol. The van der Waals surface area contributed by atoms with Gasteiger partial charge in [0.1, 0.15) is 17.3 Å². The summed E-state index contributed by atoms with van der Waals surface area (Å²) >= 11 is 0. The summed E-state index contributed by atoms with van der Waals surface area (Å²) in [5, 5.41) is 21.8. The summed E-state index contributed by atoms with van der Waals surface area (Å²) in [7, 11) is 0. The van der Waals surface area contributed by atoms with E-state index in [1.54, 1.807) is 24.1 Å². The van der Waals surface area contributed by atoms with Crippen LogP contribution < -0.4 is 0 Å². The van der Waals surface area contributed by atoms with Gasteiger partial charge in [-0.2, -0.15) is 5.26 Å². The zero-order valence-electron chi connectivity index (χ0n) is 20.1. The number of nitriles is 1. The van der Waals surface area contributed by atoms with E-state index in [4.69, 9.17) is 4.74 Å². The Kier molecular flexibility index (Phi) is 6.10. The van der Waals surface area contributed by atoms with Crippen LogP contribution in [0.2, 0.25) is 0 Å². The topological polar surface area (TPSA) is 86.5 Å². The number of aliphatic hydroxyl groups is 1. The van der Waals surface area contributed by atoms with Crippen LogP contribution in [0.3, 0.4) is 0 Å². The number of benzene rings is 1. The summed E-state index contributed by atoms with van der Waals surface area (Å²) in [5.41, 5.74) is 0.750. The molecular formula is C26H33N3O3. The minimum atomic E-state index is -1.44. The monoisotopic (exact) mass is 435 g/mol. The standard InChI is InChI=1S/C26H33N3O3/c1-17(2)19-8-10-21(11-9-19)26(31,22-12-20(13-27)18(3)28-14-22)25(7)15-29(16-25)23(30)32-24(4,5)6/h8-12,14,17,31H,15-16H2,1-7H3/t26-/m0/s1. The Labute approximate surface area is 190 Å². The Hall–Kier alpha value is -2.91. The van der Waals surface area contributed by atoms with Crippen molar-refractivity contribution in [1.82, 2.24) is 9.88 Å². The van der Waals surface area contributed by atoms with Crippen molar-refractivity contribution in [3.63, 3.8) is 0 Å². The Morgan fingerprint density at radius 3 is 2.31 bits per heavy atom. The second kappa shape index (κ2) is 8.22. The van der Waals surface area contributed by atoms with E-state index in [1.165, 1.54) is 5.56 Å². The number of aryl methyl sites for hydroxylation is 1. The molecule has 1 aliphatic heterocycles. The molecule has 1 aliphatic rings. The summed E-state index contributed by atoms with van der Waals surface area (Å²) < 4.78 is 5.50. The van der Waals surface area contributed by atoms with Crippen molar-refractivity contribution in [3.05, 3.63) is 64.5 Å². The summed E-state index contributed by atoms with van der Waals surface area (Å²) in [5.74, 6) is 0.366. The lowest BCUT2D eigenvalue weighted by molar-refractivity contribution is -0.131. The van der Waals surface area contributed by atoms with E-state index >= 15 is 0 Å². The summed E-state index contributed by atoms with van der Waals surface area (Å²) in [6.45, 7) is 14.1. The number of carbonyl (C=O) groups is 1. The molecular weight excluding hydrogens is 402 g/mol. The SMILES string of the molecule is Cc1ncc([C@@](O)(c2ccc(C(C)C)cc2)C2(C)CN(C(=O)OC(C)(C)C)C2)cc1C#N. The molecule has 6 heteroatoms. The molecule has 3 rings (SSSR count). The molecule has 1 saturated heterocycles. The van der Waals surface area contributed by atoms with Gasteiger partial charge in [0.15, 0.2) is 0 Å². The van der Waals surface area contributed by atoms with Crippen LogP contribution in [0.5, 0.6) is 0 Å². The van der Waals surface area contributed by atoms with Gasteiger partial charge in [0.05, 0.1) is 11.3 Å². The fourth-order valence-electron chi connectivity index (χ4n) is 4.30. The number of ether oxygens (including phenoxy) is 1. The third-order valence-corrected chi connectivity index (χ3v) is 6.23. The molecule has 1 aromatic carbocycles. The lowest BCUT2D eigenvalue weighted by atomic mass is 9.62. The van der Waals surface area contributed by atoms with E-state index in [-0.39, 0.29) is 0 Å². The van der Waals surface area contributed by atoms with Gasteiger partial charge >= 0.3 is 6.09 Å². The largest absolute Gasteiger partial charge is 0.444 e. The van der Waals surface area contributed by atoms with Gasteiger partial charge in [0.2, 0.25) is 0 Å². The third-order valence-electron chi connectivity index (χ3n) is 6.23. The molecule has 0 unspecified atom stereocenters. The van der Waals surface area contributed by atoms with Gasteiger partial charge in [-0.1, -0.05) is 45.0 Å². The Morgan fingerprint density at radius 2 is 1.81 bits per heavy atom. The maximum absolute atomic E-state index is 12.6. The van der Waals surface area contributed by atoms with Gasteiger partial charge in [-0.15, -0.1) is 0 Å². The summed E-state index contributed by atoms with van der Waals surface area (Å²) in [6, 6.07) is 11.8. The second-order valence-corrected chi connectivity index (χ2v) is 10.4. The number of rotatable bonds is 4. The first-order chi connectivity index (χ1) is 14.8. The predicted molar refractivity (Wildman–Crippen MR) is 123 cm³/mol. The summed E-state index contributed by atoms with van der Waals surface area (Å²) in [4.78, 5) is 18.5. The van der Waals surface area contributed by atoms with E-state index in [0.717, 1.165) is 0 Å². The van der Waals surface area contributed by atoms with Gasteiger partial charge in [-0.05, 0) is 50.8 Å². The second-order valence-electron chi connectivity index (χ2n) is 10.4. The van der Waals surface area contributed by atoms with E-state index < -0.39 is 22.7 Å². The maximum Gasteiger partial charge on any atom is 0.410 e. The molecule has 0 radical (unpaired) electrons. The zero-order chi connectivity index (χ0) is 23.9. The van der Waals surface area contributed by atoms with Crippen LogP contribution in [-0.4, -0.2) is 39.8 Å². The fourth-order valence-corrected chi connectivity index (χ4v) is 4.30. The van der Waals surface area contributed by atoms with Gasteiger partial charge < -0.3 is 14.7 Å². The quantitative estimate of drug-likeness (QED) is 0.740. The molecule has 1 N–H and O–H groups in total. The molecule has 0 bridgehead atoms.